The molecule has 64 valence electrons. The van der Waals surface area contributed by atoms with E-state index in [4.69, 9.17) is 0 Å². The van der Waals surface area contributed by atoms with E-state index in [0.29, 0.717) is 0 Å². The molecular weight excluding hydrogens is 148 g/mol. The molecule has 0 aliphatic rings. The molecule has 0 aliphatic carbocycles. The number of hydrogen-bond donors (Lipinski definition) is 0. The summed E-state index contributed by atoms with van der Waals surface area (Å²) >= 11 is 0. The summed E-state index contributed by atoms with van der Waals surface area (Å²) in [4.78, 5) is 29.4. The van der Waals surface area contributed by atoms with Crippen LogP contribution in [0.25, 0.3) is 0 Å². The third kappa shape index (κ3) is 4.36. The van der Waals surface area contributed by atoms with Crippen molar-refractivity contribution in [3.63, 3.8) is 0 Å². The van der Waals surface area contributed by atoms with E-state index in [1.54, 1.807) is 20.8 Å². The maximum Gasteiger partial charge on any atom is 0.358 e. The van der Waals surface area contributed by atoms with Gasteiger partial charge >= 0.3 is 11.9 Å². The Kier molecular flexibility index (Phi) is 4.26. The van der Waals surface area contributed by atoms with Crippen LogP contribution in [-0.2, 0) is 19.4 Å². The fraction of sp³-hybridized carbons (Fsp3) is 0.714. The summed E-state index contributed by atoms with van der Waals surface area (Å²) in [6, 6.07) is 0. The largest absolute Gasteiger partial charge is 0.358 e. The molecule has 0 amide bonds. The highest BCUT2D eigenvalue weighted by Crippen LogP contribution is 1.97. The van der Waals surface area contributed by atoms with E-state index in [1.807, 2.05) is 0 Å². The van der Waals surface area contributed by atoms with E-state index < -0.39 is 11.9 Å². The van der Waals surface area contributed by atoms with E-state index >= 15 is 0 Å². The molecule has 11 heavy (non-hydrogen) atoms. The molecule has 0 aromatic rings. The summed E-state index contributed by atoms with van der Waals surface area (Å²) in [5, 5.41) is 0. The lowest BCUT2D eigenvalue weighted by molar-refractivity contribution is -0.261. The average Bonchev–Trinajstić information content (AvgIpc) is 1.99. The van der Waals surface area contributed by atoms with Crippen molar-refractivity contribution in [2.24, 2.45) is 5.92 Å². The minimum absolute atomic E-state index is 0.200. The number of carbonyl (C=O) groups excluding carboxylic acids is 2. The van der Waals surface area contributed by atoms with Gasteiger partial charge in [-0.05, 0) is 0 Å². The quantitative estimate of drug-likeness (QED) is 0.447. The van der Waals surface area contributed by atoms with Gasteiger partial charge in [0.1, 0.15) is 0 Å². The Balaban J connectivity index is 3.54. The van der Waals surface area contributed by atoms with E-state index in [-0.39, 0.29) is 12.3 Å². The van der Waals surface area contributed by atoms with Crippen molar-refractivity contribution in [2.75, 3.05) is 0 Å². The second-order valence-electron chi connectivity index (χ2n) is 2.37. The summed E-state index contributed by atoms with van der Waals surface area (Å²) in [7, 11) is 0. The predicted octanol–water partition coefficient (Wildman–Crippen LogP) is 1.05. The van der Waals surface area contributed by atoms with Crippen molar-refractivity contribution in [2.45, 2.75) is 27.2 Å². The molecule has 0 aromatic heterocycles. The summed E-state index contributed by atoms with van der Waals surface area (Å²) in [6.45, 7) is 4.93. The Labute approximate surface area is 65.4 Å². The monoisotopic (exact) mass is 160 g/mol. The van der Waals surface area contributed by atoms with Gasteiger partial charge in [-0.2, -0.15) is 0 Å². The molecule has 0 saturated carbocycles. The zero-order valence-corrected chi connectivity index (χ0v) is 6.92. The van der Waals surface area contributed by atoms with Gasteiger partial charge in [0.15, 0.2) is 0 Å². The first-order valence-electron chi connectivity index (χ1n) is 3.49. The van der Waals surface area contributed by atoms with Crippen molar-refractivity contribution in [3.8, 4) is 0 Å². The lowest BCUT2D eigenvalue weighted by atomic mass is 10.2. The fourth-order valence-corrected chi connectivity index (χ4v) is 0.243. The Morgan fingerprint density at radius 2 is 1.82 bits per heavy atom. The minimum Gasteiger partial charge on any atom is -0.247 e. The summed E-state index contributed by atoms with van der Waals surface area (Å²) in [5.74, 6) is -1.36. The van der Waals surface area contributed by atoms with Gasteiger partial charge in [-0.15, -0.1) is 0 Å². The van der Waals surface area contributed by atoms with Gasteiger partial charge in [-0.3, -0.25) is 0 Å². The van der Waals surface area contributed by atoms with Gasteiger partial charge in [0.2, 0.25) is 0 Å². The van der Waals surface area contributed by atoms with Crippen LogP contribution < -0.4 is 0 Å². The van der Waals surface area contributed by atoms with Crippen LogP contribution in [0.5, 0.6) is 0 Å². The molecule has 0 radical (unpaired) electrons. The molecule has 0 spiro atoms. The zero-order chi connectivity index (χ0) is 8.85. The normalized spacial score (nSPS) is 9.45. The lowest BCUT2D eigenvalue weighted by Crippen LogP contribution is -2.14. The van der Waals surface area contributed by atoms with Crippen LogP contribution in [0.2, 0.25) is 0 Å². The third-order valence-corrected chi connectivity index (χ3v) is 0.977. The molecular formula is C7H12O4. The molecule has 0 aromatic carbocycles. The molecule has 0 saturated heterocycles. The Morgan fingerprint density at radius 1 is 1.27 bits per heavy atom. The van der Waals surface area contributed by atoms with Gasteiger partial charge in [0, 0.05) is 6.42 Å². The van der Waals surface area contributed by atoms with Crippen molar-refractivity contribution in [1.29, 1.82) is 0 Å². The lowest BCUT2D eigenvalue weighted by Gasteiger charge is -2.02. The maximum absolute atomic E-state index is 10.7. The molecule has 0 heterocycles. The van der Waals surface area contributed by atoms with Crippen LogP contribution in [0.4, 0.5) is 0 Å². The summed E-state index contributed by atoms with van der Waals surface area (Å²) < 4.78 is 0. The van der Waals surface area contributed by atoms with Crippen LogP contribution in [-0.4, -0.2) is 11.9 Å². The van der Waals surface area contributed by atoms with E-state index in [0.717, 1.165) is 0 Å². The van der Waals surface area contributed by atoms with Gasteiger partial charge in [-0.25, -0.2) is 19.4 Å². The highest BCUT2D eigenvalue weighted by Gasteiger charge is 2.11. The van der Waals surface area contributed by atoms with Gasteiger partial charge < -0.3 is 0 Å². The second-order valence-corrected chi connectivity index (χ2v) is 2.37. The van der Waals surface area contributed by atoms with Crippen molar-refractivity contribution in [3.05, 3.63) is 0 Å². The molecule has 0 bridgehead atoms. The fourth-order valence-electron chi connectivity index (χ4n) is 0.243. The topological polar surface area (TPSA) is 52.6 Å². The van der Waals surface area contributed by atoms with Crippen molar-refractivity contribution < 1.29 is 19.4 Å². The standard InChI is InChI=1S/C7H12O4/c1-4-6(8)10-11-7(9)5(2)3/h5H,4H2,1-3H3. The average molecular weight is 160 g/mol. The first kappa shape index (κ1) is 9.94. The molecule has 0 atom stereocenters. The predicted molar refractivity (Wildman–Crippen MR) is 37.3 cm³/mol. The SMILES string of the molecule is CCC(=O)OOC(=O)C(C)C. The van der Waals surface area contributed by atoms with E-state index in [1.165, 1.54) is 0 Å². The molecule has 0 unspecified atom stereocenters. The van der Waals surface area contributed by atoms with Crippen molar-refractivity contribution in [1.82, 2.24) is 0 Å². The Hall–Kier alpha value is -1.06. The van der Waals surface area contributed by atoms with E-state index in [9.17, 15) is 9.59 Å². The van der Waals surface area contributed by atoms with Crippen LogP contribution in [0.1, 0.15) is 27.2 Å². The first-order valence-corrected chi connectivity index (χ1v) is 3.49. The molecule has 4 nitrogen and oxygen atoms in total. The molecule has 0 fully saturated rings. The third-order valence-electron chi connectivity index (χ3n) is 0.977. The number of carbonyl (C=O) groups is 2. The molecule has 4 heteroatoms. The Bertz CT molecular complexity index is 151. The highest BCUT2D eigenvalue weighted by atomic mass is 17.2. The molecule has 0 N–H and O–H groups in total. The van der Waals surface area contributed by atoms with Gasteiger partial charge in [0.25, 0.3) is 0 Å². The van der Waals surface area contributed by atoms with Crippen LogP contribution in [0, 0.1) is 5.92 Å². The Morgan fingerprint density at radius 3 is 2.18 bits per heavy atom. The highest BCUT2D eigenvalue weighted by molar-refractivity contribution is 5.73. The molecule has 0 rings (SSSR count). The summed E-state index contributed by atoms with van der Waals surface area (Å²) in [6.07, 6.45) is 0.200. The summed E-state index contributed by atoms with van der Waals surface area (Å²) in [5.41, 5.74) is 0. The first-order chi connectivity index (χ1) is 5.07. The van der Waals surface area contributed by atoms with Crippen LogP contribution in [0.15, 0.2) is 0 Å². The number of rotatable bonds is 2. The molecule has 0 aliphatic heterocycles. The van der Waals surface area contributed by atoms with E-state index in [2.05, 4.69) is 9.78 Å². The maximum atomic E-state index is 10.7. The van der Waals surface area contributed by atoms with Crippen LogP contribution in [0.3, 0.4) is 0 Å². The van der Waals surface area contributed by atoms with Crippen LogP contribution >= 0.6 is 0 Å². The number of hydrogen-bond acceptors (Lipinski definition) is 4. The zero-order valence-electron chi connectivity index (χ0n) is 6.92. The van der Waals surface area contributed by atoms with Gasteiger partial charge in [0.05, 0.1) is 5.92 Å². The second kappa shape index (κ2) is 4.71. The minimum atomic E-state index is -0.543. The smallest absolute Gasteiger partial charge is 0.247 e. The van der Waals surface area contributed by atoms with Gasteiger partial charge in [-0.1, -0.05) is 20.8 Å². The van der Waals surface area contributed by atoms with Crippen molar-refractivity contribution >= 4 is 11.9 Å².